The lowest BCUT2D eigenvalue weighted by Gasteiger charge is -2.28. The Morgan fingerprint density at radius 1 is 1.00 bits per heavy atom. The zero-order chi connectivity index (χ0) is 13.7. The van der Waals surface area contributed by atoms with Crippen LogP contribution in [0, 0.1) is 0 Å². The van der Waals surface area contributed by atoms with Crippen molar-refractivity contribution >= 4 is 19.1 Å². The third-order valence-corrected chi connectivity index (χ3v) is 4.11. The van der Waals surface area contributed by atoms with E-state index < -0.39 is 7.75 Å². The normalized spacial score (nSPS) is 13.8. The Balaban J connectivity index is 2.49. The Morgan fingerprint density at radius 3 is 1.79 bits per heavy atom. The zero-order valence-electron chi connectivity index (χ0n) is 10.6. The van der Waals surface area contributed by atoms with E-state index in [1.54, 1.807) is 31.2 Å². The second-order valence-corrected chi connectivity index (χ2v) is 5.53. The summed E-state index contributed by atoms with van der Waals surface area (Å²) in [5.74, 6) is 0. The van der Waals surface area contributed by atoms with Crippen LogP contribution in [0.3, 0.4) is 0 Å². The first-order valence-electron chi connectivity index (χ1n) is 6.03. The highest BCUT2D eigenvalue weighted by Crippen LogP contribution is 2.53. The maximum atomic E-state index is 12.4. The summed E-state index contributed by atoms with van der Waals surface area (Å²) in [6, 6.07) is 18.1. The van der Waals surface area contributed by atoms with E-state index in [0.717, 1.165) is 0 Å². The third kappa shape index (κ3) is 3.24. The van der Waals surface area contributed by atoms with Crippen LogP contribution in [-0.2, 0) is 9.09 Å². The first-order chi connectivity index (χ1) is 9.15. The molecule has 0 aliphatic rings. The highest BCUT2D eigenvalue weighted by atomic mass is 31.2. The number of hydrogen-bond donors (Lipinski definition) is 1. The Bertz CT molecular complexity index is 520. The van der Waals surface area contributed by atoms with Crippen LogP contribution < -0.4 is 4.67 Å². The second kappa shape index (κ2) is 6.02. The first-order valence-corrected chi connectivity index (χ1v) is 7.56. The Morgan fingerprint density at radius 2 is 1.42 bits per heavy atom. The molecule has 0 aromatic heterocycles. The van der Waals surface area contributed by atoms with Gasteiger partial charge in [-0.15, -0.1) is 0 Å². The van der Waals surface area contributed by atoms with Crippen molar-refractivity contribution in [2.75, 3.05) is 11.3 Å². The van der Waals surface area contributed by atoms with Crippen molar-refractivity contribution in [3.63, 3.8) is 0 Å². The van der Waals surface area contributed by atoms with E-state index in [2.05, 4.69) is 0 Å². The van der Waals surface area contributed by atoms with E-state index >= 15 is 0 Å². The molecule has 0 heterocycles. The number of para-hydroxylation sites is 2. The zero-order valence-corrected chi connectivity index (χ0v) is 11.5. The van der Waals surface area contributed by atoms with Gasteiger partial charge in [-0.3, -0.25) is 4.52 Å². The fourth-order valence-electron chi connectivity index (χ4n) is 1.81. The predicted octanol–water partition coefficient (Wildman–Crippen LogP) is 3.96. The van der Waals surface area contributed by atoms with Crippen molar-refractivity contribution in [3.8, 4) is 0 Å². The minimum Gasteiger partial charge on any atom is -0.308 e. The van der Waals surface area contributed by atoms with Crippen LogP contribution >= 0.6 is 7.75 Å². The number of anilines is 2. The number of nitrogens with zero attached hydrogens (tertiary/aromatic N) is 1. The lowest BCUT2D eigenvalue weighted by molar-refractivity contribution is 0.274. The van der Waals surface area contributed by atoms with Gasteiger partial charge >= 0.3 is 7.75 Å². The summed E-state index contributed by atoms with van der Waals surface area (Å²) in [6.45, 7) is 1.86. The molecule has 1 atom stereocenters. The molecule has 4 nitrogen and oxygen atoms in total. The molecule has 5 heteroatoms. The molecule has 0 radical (unpaired) electrons. The average molecular weight is 277 g/mol. The highest BCUT2D eigenvalue weighted by Gasteiger charge is 2.30. The van der Waals surface area contributed by atoms with Gasteiger partial charge in [0.15, 0.2) is 0 Å². The lowest BCUT2D eigenvalue weighted by atomic mass is 10.3. The molecule has 0 aliphatic carbocycles. The maximum Gasteiger partial charge on any atom is 0.437 e. The average Bonchev–Trinajstić information content (AvgIpc) is 2.41. The van der Waals surface area contributed by atoms with Gasteiger partial charge in [-0.1, -0.05) is 36.4 Å². The first kappa shape index (κ1) is 13.8. The minimum atomic E-state index is -3.91. The molecular formula is C14H16NO3P. The predicted molar refractivity (Wildman–Crippen MR) is 76.5 cm³/mol. The Hall–Kier alpha value is -1.61. The van der Waals surface area contributed by atoms with E-state index in [9.17, 15) is 9.46 Å². The van der Waals surface area contributed by atoms with E-state index in [1.165, 1.54) is 4.67 Å². The Kier molecular flexibility index (Phi) is 4.38. The summed E-state index contributed by atoms with van der Waals surface area (Å²) in [6.07, 6.45) is 0. The van der Waals surface area contributed by atoms with Crippen LogP contribution in [0.15, 0.2) is 60.7 Å². The van der Waals surface area contributed by atoms with Gasteiger partial charge in [0.05, 0.1) is 18.0 Å². The van der Waals surface area contributed by atoms with Crippen LogP contribution in [0.1, 0.15) is 6.92 Å². The summed E-state index contributed by atoms with van der Waals surface area (Å²) in [4.78, 5) is 10.1. The van der Waals surface area contributed by atoms with Crippen LogP contribution in [0.5, 0.6) is 0 Å². The van der Waals surface area contributed by atoms with E-state index in [0.29, 0.717) is 11.4 Å². The summed E-state index contributed by atoms with van der Waals surface area (Å²) in [7, 11) is -3.91. The molecule has 0 saturated heterocycles. The van der Waals surface area contributed by atoms with Crippen molar-refractivity contribution in [2.24, 2.45) is 0 Å². The summed E-state index contributed by atoms with van der Waals surface area (Å²) < 4.78 is 18.7. The lowest BCUT2D eigenvalue weighted by Crippen LogP contribution is -2.15. The summed E-state index contributed by atoms with van der Waals surface area (Å²) in [5, 5.41) is 0. The smallest absolute Gasteiger partial charge is 0.308 e. The minimum absolute atomic E-state index is 0.171. The molecule has 19 heavy (non-hydrogen) atoms. The van der Waals surface area contributed by atoms with Crippen LogP contribution in [-0.4, -0.2) is 11.5 Å². The van der Waals surface area contributed by atoms with Gasteiger partial charge in [0.1, 0.15) is 0 Å². The monoisotopic (exact) mass is 277 g/mol. The van der Waals surface area contributed by atoms with Crippen molar-refractivity contribution in [1.82, 2.24) is 0 Å². The molecule has 100 valence electrons. The molecular weight excluding hydrogens is 261 g/mol. The Labute approximate surface area is 112 Å². The van der Waals surface area contributed by atoms with Gasteiger partial charge in [-0.25, -0.2) is 9.24 Å². The molecule has 0 bridgehead atoms. The van der Waals surface area contributed by atoms with Gasteiger partial charge in [-0.05, 0) is 31.2 Å². The summed E-state index contributed by atoms with van der Waals surface area (Å²) in [5.41, 5.74) is 1.24. The van der Waals surface area contributed by atoms with Crippen LogP contribution in [0.25, 0.3) is 0 Å². The maximum absolute atomic E-state index is 12.4. The third-order valence-electron chi connectivity index (χ3n) is 2.55. The van der Waals surface area contributed by atoms with Crippen molar-refractivity contribution < 1.29 is 14.0 Å². The largest absolute Gasteiger partial charge is 0.437 e. The van der Waals surface area contributed by atoms with Crippen LogP contribution in [0.2, 0.25) is 0 Å². The van der Waals surface area contributed by atoms with Gasteiger partial charge in [-0.2, -0.15) is 0 Å². The van der Waals surface area contributed by atoms with Crippen LogP contribution in [0.4, 0.5) is 11.4 Å². The summed E-state index contributed by atoms with van der Waals surface area (Å²) >= 11 is 0. The fourth-order valence-corrected chi connectivity index (χ4v) is 3.11. The van der Waals surface area contributed by atoms with Gasteiger partial charge in [0, 0.05) is 0 Å². The molecule has 0 saturated carbocycles. The van der Waals surface area contributed by atoms with Gasteiger partial charge in [0.2, 0.25) is 0 Å². The van der Waals surface area contributed by atoms with Gasteiger partial charge in [0.25, 0.3) is 0 Å². The van der Waals surface area contributed by atoms with Crippen molar-refractivity contribution in [3.05, 3.63) is 60.7 Å². The quantitative estimate of drug-likeness (QED) is 0.840. The highest BCUT2D eigenvalue weighted by molar-refractivity contribution is 7.55. The molecule has 0 aliphatic heterocycles. The van der Waals surface area contributed by atoms with Crippen molar-refractivity contribution in [2.45, 2.75) is 6.92 Å². The number of rotatable bonds is 5. The number of benzene rings is 2. The standard InChI is InChI=1S/C14H16NO3P/c1-2-18-19(16,17)15(13-9-5-3-6-10-13)14-11-7-4-8-12-14/h3-12H,2H2,1H3,(H,16,17). The fraction of sp³-hybridized carbons (Fsp3) is 0.143. The van der Waals surface area contributed by atoms with Crippen molar-refractivity contribution in [1.29, 1.82) is 0 Å². The van der Waals surface area contributed by atoms with E-state index in [1.807, 2.05) is 36.4 Å². The number of hydrogen-bond acceptors (Lipinski definition) is 2. The molecule has 1 N–H and O–H groups in total. The van der Waals surface area contributed by atoms with E-state index in [4.69, 9.17) is 4.52 Å². The molecule has 2 rings (SSSR count). The molecule has 2 aromatic carbocycles. The molecule has 0 spiro atoms. The molecule has 1 unspecified atom stereocenters. The molecule has 0 amide bonds. The van der Waals surface area contributed by atoms with E-state index in [-0.39, 0.29) is 6.61 Å². The molecule has 0 fully saturated rings. The SMILES string of the molecule is CCOP(=O)(O)N(c1ccccc1)c1ccccc1. The van der Waals surface area contributed by atoms with Gasteiger partial charge < -0.3 is 4.89 Å². The second-order valence-electron chi connectivity index (χ2n) is 3.89. The molecule has 2 aromatic rings. The topological polar surface area (TPSA) is 49.8 Å².